The van der Waals surface area contributed by atoms with E-state index in [1.807, 2.05) is 31.2 Å². The number of thiophene rings is 1. The minimum atomic E-state index is -1.04. The zero-order valence-electron chi connectivity index (χ0n) is 16.3. The Morgan fingerprint density at radius 2 is 1.77 bits per heavy atom. The molecule has 5 heteroatoms. The normalized spacial score (nSPS) is 12.4. The Morgan fingerprint density at radius 3 is 2.43 bits per heavy atom. The number of carboxylic acids is 1. The minimum Gasteiger partial charge on any atom is -0.508 e. The summed E-state index contributed by atoms with van der Waals surface area (Å²) in [5.41, 5.74) is 2.86. The van der Waals surface area contributed by atoms with Crippen LogP contribution in [0.5, 0.6) is 5.75 Å². The van der Waals surface area contributed by atoms with E-state index in [1.54, 1.807) is 42.5 Å². The fraction of sp³-hybridized carbons (Fsp3) is 0.0400. The fourth-order valence-corrected chi connectivity index (χ4v) is 4.28. The summed E-state index contributed by atoms with van der Waals surface area (Å²) in [5.74, 6) is -0.983. The number of fused-ring (bicyclic) bond motifs is 1. The van der Waals surface area contributed by atoms with E-state index >= 15 is 0 Å². The van der Waals surface area contributed by atoms with Gasteiger partial charge in [-0.05, 0) is 42.3 Å². The zero-order valence-corrected chi connectivity index (χ0v) is 17.1. The lowest BCUT2D eigenvalue weighted by Gasteiger charge is -2.05. The molecule has 0 radical (unpaired) electrons. The third-order valence-corrected chi connectivity index (χ3v) is 5.64. The Morgan fingerprint density at radius 1 is 1.03 bits per heavy atom. The van der Waals surface area contributed by atoms with Crippen LogP contribution in [0.3, 0.4) is 0 Å². The first-order chi connectivity index (χ1) is 14.4. The largest absolute Gasteiger partial charge is 0.508 e. The third-order valence-electron chi connectivity index (χ3n) is 4.49. The van der Waals surface area contributed by atoms with E-state index in [0.717, 1.165) is 27.3 Å². The summed E-state index contributed by atoms with van der Waals surface area (Å²) in [6.45, 7) is 5.60. The summed E-state index contributed by atoms with van der Waals surface area (Å²) in [4.78, 5) is 24.6. The lowest BCUT2D eigenvalue weighted by molar-refractivity contribution is -0.131. The van der Waals surface area contributed by atoms with Crippen LogP contribution >= 0.6 is 11.3 Å². The van der Waals surface area contributed by atoms with Crippen LogP contribution in [0.15, 0.2) is 91.1 Å². The Bertz CT molecular complexity index is 1210. The lowest BCUT2D eigenvalue weighted by Crippen LogP contribution is -2.01. The average molecular weight is 416 g/mol. The van der Waals surface area contributed by atoms with Crippen molar-refractivity contribution in [1.82, 2.24) is 0 Å². The maximum atomic E-state index is 13.2. The monoisotopic (exact) mass is 416 g/mol. The molecule has 0 aliphatic rings. The highest BCUT2D eigenvalue weighted by molar-refractivity contribution is 7.21. The molecule has 0 saturated carbocycles. The average Bonchev–Trinajstić information content (AvgIpc) is 3.12. The van der Waals surface area contributed by atoms with Gasteiger partial charge in [0, 0.05) is 27.3 Å². The first-order valence-corrected chi connectivity index (χ1v) is 10.00. The number of hydrogen-bond donors (Lipinski definition) is 2. The summed E-state index contributed by atoms with van der Waals surface area (Å²) in [6, 6.07) is 14.1. The highest BCUT2D eigenvalue weighted by Gasteiger charge is 2.20. The molecule has 1 aromatic heterocycles. The number of phenols is 1. The van der Waals surface area contributed by atoms with Crippen molar-refractivity contribution in [3.63, 3.8) is 0 Å². The number of hydrogen-bond acceptors (Lipinski definition) is 4. The van der Waals surface area contributed by atoms with Gasteiger partial charge in [0.2, 0.25) is 5.78 Å². The smallest absolute Gasteiger partial charge is 0.328 e. The Hall–Kier alpha value is -3.70. The molecule has 0 fully saturated rings. The summed E-state index contributed by atoms with van der Waals surface area (Å²) < 4.78 is 0.815. The van der Waals surface area contributed by atoms with E-state index in [-0.39, 0.29) is 11.5 Å². The van der Waals surface area contributed by atoms with E-state index in [9.17, 15) is 14.7 Å². The van der Waals surface area contributed by atoms with Crippen LogP contribution < -0.4 is 0 Å². The summed E-state index contributed by atoms with van der Waals surface area (Å²) >= 11 is 1.34. The molecular weight excluding hydrogens is 396 g/mol. The molecular formula is C25H20O4S. The zero-order chi connectivity index (χ0) is 21.7. The number of ketones is 1. The van der Waals surface area contributed by atoms with Gasteiger partial charge in [-0.3, -0.25) is 4.79 Å². The van der Waals surface area contributed by atoms with E-state index in [4.69, 9.17) is 5.11 Å². The molecule has 0 bridgehead atoms. The lowest BCUT2D eigenvalue weighted by atomic mass is 9.98. The molecule has 0 aliphatic carbocycles. The number of aliphatic carboxylic acids is 1. The summed E-state index contributed by atoms with van der Waals surface area (Å²) in [5, 5.41) is 19.6. The number of benzene rings is 2. The van der Waals surface area contributed by atoms with Crippen LogP contribution in [0, 0.1) is 0 Å². The van der Waals surface area contributed by atoms with Crippen LogP contribution in [0.4, 0.5) is 0 Å². The second-order valence-corrected chi connectivity index (χ2v) is 7.63. The Labute approximate surface area is 178 Å². The number of carbonyl (C=O) groups excluding carboxylic acids is 1. The predicted molar refractivity (Wildman–Crippen MR) is 122 cm³/mol. The maximum absolute atomic E-state index is 13.2. The van der Waals surface area contributed by atoms with Crippen molar-refractivity contribution in [3.05, 3.63) is 107 Å². The Balaban J connectivity index is 2.14. The molecule has 0 amide bonds. The SMILES string of the molecule is C=CC(/C=C/C(=O)O)=C\C=C(/C)c1c(C(=O)c2ccccc2)sc2cc(O)ccc12. The molecule has 1 heterocycles. The maximum Gasteiger partial charge on any atom is 0.328 e. The number of rotatable bonds is 7. The quantitative estimate of drug-likeness (QED) is 0.282. The van der Waals surface area contributed by atoms with E-state index in [2.05, 4.69) is 6.58 Å². The van der Waals surface area contributed by atoms with E-state index in [1.165, 1.54) is 17.4 Å². The topological polar surface area (TPSA) is 74.6 Å². The highest BCUT2D eigenvalue weighted by Crippen LogP contribution is 2.38. The number of carboxylic acid groups (broad SMARTS) is 1. The molecule has 0 spiro atoms. The first kappa shape index (κ1) is 21.0. The summed E-state index contributed by atoms with van der Waals surface area (Å²) in [7, 11) is 0. The van der Waals surface area contributed by atoms with Crippen LogP contribution in [0.25, 0.3) is 15.7 Å². The standard InChI is InChI=1S/C25H20O4S/c1-3-17(11-14-22(27)28)10-9-16(2)23-20-13-12-19(26)15-21(20)30-25(23)24(29)18-7-5-4-6-8-18/h3-15,26H,1H2,2H3,(H,27,28)/b14-11+,16-9+,17-10+. The van der Waals surface area contributed by atoms with Crippen molar-refractivity contribution >= 4 is 38.7 Å². The fourth-order valence-electron chi connectivity index (χ4n) is 3.02. The molecule has 30 heavy (non-hydrogen) atoms. The Kier molecular flexibility index (Phi) is 6.45. The van der Waals surface area contributed by atoms with Crippen molar-refractivity contribution in [2.75, 3.05) is 0 Å². The number of phenolic OH excluding ortho intramolecular Hbond substituents is 1. The third kappa shape index (κ3) is 4.64. The van der Waals surface area contributed by atoms with Gasteiger partial charge in [-0.2, -0.15) is 0 Å². The second-order valence-electron chi connectivity index (χ2n) is 6.57. The van der Waals surface area contributed by atoms with E-state index in [0.29, 0.717) is 16.0 Å². The van der Waals surface area contributed by atoms with Gasteiger partial charge in [0.05, 0.1) is 4.88 Å². The number of allylic oxidation sites excluding steroid dienone is 6. The minimum absolute atomic E-state index is 0.0854. The molecule has 0 saturated heterocycles. The highest BCUT2D eigenvalue weighted by atomic mass is 32.1. The molecule has 4 nitrogen and oxygen atoms in total. The van der Waals surface area contributed by atoms with E-state index < -0.39 is 5.97 Å². The van der Waals surface area contributed by atoms with Gasteiger partial charge < -0.3 is 10.2 Å². The molecule has 2 aromatic carbocycles. The summed E-state index contributed by atoms with van der Waals surface area (Å²) in [6.07, 6.45) is 7.65. The van der Waals surface area contributed by atoms with Crippen molar-refractivity contribution < 1.29 is 19.8 Å². The van der Waals surface area contributed by atoms with Crippen LogP contribution in [-0.4, -0.2) is 22.0 Å². The van der Waals surface area contributed by atoms with Gasteiger partial charge in [0.15, 0.2) is 0 Å². The van der Waals surface area contributed by atoms with Gasteiger partial charge >= 0.3 is 5.97 Å². The molecule has 0 aliphatic heterocycles. The van der Waals surface area contributed by atoms with Crippen molar-refractivity contribution in [1.29, 1.82) is 0 Å². The molecule has 3 aromatic rings. The van der Waals surface area contributed by atoms with Crippen LogP contribution in [-0.2, 0) is 4.79 Å². The van der Waals surface area contributed by atoms with Gasteiger partial charge in [0.25, 0.3) is 0 Å². The molecule has 3 rings (SSSR count). The van der Waals surface area contributed by atoms with Gasteiger partial charge in [-0.1, -0.05) is 55.1 Å². The van der Waals surface area contributed by atoms with Crippen LogP contribution in [0.2, 0.25) is 0 Å². The first-order valence-electron chi connectivity index (χ1n) is 9.18. The predicted octanol–water partition coefficient (Wildman–Crippen LogP) is 5.99. The van der Waals surface area contributed by atoms with Crippen molar-refractivity contribution in [3.8, 4) is 5.75 Å². The second kappa shape index (κ2) is 9.20. The van der Waals surface area contributed by atoms with Crippen LogP contribution in [0.1, 0.15) is 27.7 Å². The molecule has 0 atom stereocenters. The van der Waals surface area contributed by atoms with Crippen molar-refractivity contribution in [2.45, 2.75) is 6.92 Å². The number of aromatic hydroxyl groups is 1. The van der Waals surface area contributed by atoms with Gasteiger partial charge in [-0.15, -0.1) is 11.3 Å². The molecule has 2 N–H and O–H groups in total. The van der Waals surface area contributed by atoms with Gasteiger partial charge in [0.1, 0.15) is 5.75 Å². The molecule has 150 valence electrons. The van der Waals surface area contributed by atoms with Crippen molar-refractivity contribution in [2.24, 2.45) is 0 Å². The number of carbonyl (C=O) groups is 2. The van der Waals surface area contributed by atoms with Gasteiger partial charge in [-0.25, -0.2) is 4.79 Å². The molecule has 0 unspecified atom stereocenters.